The summed E-state index contributed by atoms with van der Waals surface area (Å²) in [6.45, 7) is 3.61. The van der Waals surface area contributed by atoms with Crippen molar-refractivity contribution in [2.24, 2.45) is 0 Å². The standard InChI is InChI=1S/C46H92NO8P/c1-3-5-7-9-11-13-15-17-19-20-21-22-23-25-27-29-31-33-35-37-39-46(50)53-42-44(48)43-55-56(51,52)54-41-40-47-45(49)38-36-34-32-30-28-26-24-18-16-14-12-10-8-6-4-2/h44,48H,3-43H2,1-2H3,(H,47,49)(H,51,52). The Balaban J connectivity index is 3.52. The Hall–Kier alpha value is -0.990. The maximum absolute atomic E-state index is 12.1. The van der Waals surface area contributed by atoms with Crippen molar-refractivity contribution in [1.82, 2.24) is 5.32 Å². The summed E-state index contributed by atoms with van der Waals surface area (Å²) in [4.78, 5) is 34.0. The minimum absolute atomic E-state index is 0.0885. The molecule has 9 nitrogen and oxygen atoms in total. The van der Waals surface area contributed by atoms with Gasteiger partial charge in [-0.2, -0.15) is 0 Å². The first-order valence-corrected chi connectivity index (χ1v) is 25.5. The highest BCUT2D eigenvalue weighted by molar-refractivity contribution is 7.47. The van der Waals surface area contributed by atoms with Gasteiger partial charge >= 0.3 is 13.8 Å². The van der Waals surface area contributed by atoms with Crippen LogP contribution in [0.5, 0.6) is 0 Å². The summed E-state index contributed by atoms with van der Waals surface area (Å²) in [6, 6.07) is 0. The molecular formula is C46H92NO8P. The first kappa shape index (κ1) is 55.0. The number of phosphoric ester groups is 1. The number of ether oxygens (including phenoxy) is 1. The molecule has 10 heteroatoms. The van der Waals surface area contributed by atoms with Crippen molar-refractivity contribution in [3.8, 4) is 0 Å². The summed E-state index contributed by atoms with van der Waals surface area (Å²) in [5.74, 6) is -0.500. The molecule has 0 aliphatic rings. The molecule has 0 aromatic carbocycles. The maximum Gasteiger partial charge on any atom is 0.472 e. The Morgan fingerprint density at radius 3 is 1.16 bits per heavy atom. The van der Waals surface area contributed by atoms with Crippen LogP contribution in [0, 0.1) is 0 Å². The molecule has 0 rings (SSSR count). The molecule has 0 radical (unpaired) electrons. The third-order valence-corrected chi connectivity index (χ3v) is 11.8. The molecule has 0 bridgehead atoms. The Morgan fingerprint density at radius 2 is 0.804 bits per heavy atom. The van der Waals surface area contributed by atoms with Crippen LogP contribution in [-0.2, 0) is 27.9 Å². The van der Waals surface area contributed by atoms with Gasteiger partial charge in [-0.25, -0.2) is 4.57 Å². The van der Waals surface area contributed by atoms with Crippen LogP contribution in [0.15, 0.2) is 0 Å². The fourth-order valence-corrected chi connectivity index (χ4v) is 7.91. The molecule has 0 aromatic heterocycles. The molecule has 0 fully saturated rings. The SMILES string of the molecule is CCCCCCCCCCCCCCCCCCCCCCC(=O)OCC(O)COP(=O)(O)OCCNC(=O)CCCCCCCCCCCCCCCCC. The molecular weight excluding hydrogens is 725 g/mol. The number of aliphatic hydroxyl groups is 1. The lowest BCUT2D eigenvalue weighted by molar-refractivity contribution is -0.147. The van der Waals surface area contributed by atoms with Crippen molar-refractivity contribution in [1.29, 1.82) is 0 Å². The fraction of sp³-hybridized carbons (Fsp3) is 0.957. The van der Waals surface area contributed by atoms with E-state index < -0.39 is 26.5 Å². The van der Waals surface area contributed by atoms with Gasteiger partial charge in [0.25, 0.3) is 0 Å². The molecule has 0 saturated heterocycles. The summed E-state index contributed by atoms with van der Waals surface area (Å²) in [5, 5.41) is 12.7. The highest BCUT2D eigenvalue weighted by atomic mass is 31.2. The lowest BCUT2D eigenvalue weighted by Gasteiger charge is -2.15. The van der Waals surface area contributed by atoms with Crippen LogP contribution in [0.2, 0.25) is 0 Å². The van der Waals surface area contributed by atoms with Crippen molar-refractivity contribution >= 4 is 19.7 Å². The molecule has 0 aliphatic heterocycles. The van der Waals surface area contributed by atoms with Crippen LogP contribution >= 0.6 is 7.82 Å². The number of unbranched alkanes of at least 4 members (excludes halogenated alkanes) is 33. The van der Waals surface area contributed by atoms with Gasteiger partial charge in [0, 0.05) is 19.4 Å². The van der Waals surface area contributed by atoms with E-state index in [2.05, 4.69) is 19.2 Å². The molecule has 334 valence electrons. The van der Waals surface area contributed by atoms with E-state index in [1.54, 1.807) is 0 Å². The second-order valence-corrected chi connectivity index (χ2v) is 17.9. The van der Waals surface area contributed by atoms with Gasteiger partial charge in [0.15, 0.2) is 0 Å². The van der Waals surface area contributed by atoms with E-state index in [0.29, 0.717) is 12.8 Å². The number of rotatable bonds is 46. The van der Waals surface area contributed by atoms with Crippen molar-refractivity contribution in [3.05, 3.63) is 0 Å². The van der Waals surface area contributed by atoms with E-state index in [4.69, 9.17) is 13.8 Å². The van der Waals surface area contributed by atoms with E-state index in [-0.39, 0.29) is 25.7 Å². The van der Waals surface area contributed by atoms with Crippen molar-refractivity contribution in [2.45, 2.75) is 258 Å². The maximum atomic E-state index is 12.1. The summed E-state index contributed by atoms with van der Waals surface area (Å²) in [6.07, 6.45) is 44.6. The lowest BCUT2D eigenvalue weighted by atomic mass is 10.0. The summed E-state index contributed by atoms with van der Waals surface area (Å²) in [5.41, 5.74) is 0. The average molecular weight is 818 g/mol. The molecule has 0 heterocycles. The van der Waals surface area contributed by atoms with Crippen molar-refractivity contribution < 1.29 is 37.9 Å². The third-order valence-electron chi connectivity index (χ3n) is 10.8. The van der Waals surface area contributed by atoms with Gasteiger partial charge < -0.3 is 20.1 Å². The second-order valence-electron chi connectivity index (χ2n) is 16.5. The highest BCUT2D eigenvalue weighted by Crippen LogP contribution is 2.42. The zero-order chi connectivity index (χ0) is 41.1. The zero-order valence-corrected chi connectivity index (χ0v) is 37.8. The van der Waals surface area contributed by atoms with Gasteiger partial charge in [-0.15, -0.1) is 0 Å². The molecule has 0 saturated carbocycles. The number of carbonyl (C=O) groups excluding carboxylic acids is 2. The molecule has 1 amide bonds. The third kappa shape index (κ3) is 44.1. The van der Waals surface area contributed by atoms with Crippen LogP contribution < -0.4 is 5.32 Å². The molecule has 0 aliphatic carbocycles. The van der Waals surface area contributed by atoms with Gasteiger partial charge in [0.2, 0.25) is 5.91 Å². The van der Waals surface area contributed by atoms with E-state index in [1.807, 2.05) is 0 Å². The van der Waals surface area contributed by atoms with Crippen LogP contribution in [0.3, 0.4) is 0 Å². The van der Waals surface area contributed by atoms with E-state index in [9.17, 15) is 24.2 Å². The second kappa shape index (κ2) is 43.6. The highest BCUT2D eigenvalue weighted by Gasteiger charge is 2.23. The summed E-state index contributed by atoms with van der Waals surface area (Å²) >= 11 is 0. The molecule has 0 aromatic rings. The normalized spacial score (nSPS) is 13.1. The van der Waals surface area contributed by atoms with Crippen molar-refractivity contribution in [3.63, 3.8) is 0 Å². The number of amides is 1. The molecule has 2 unspecified atom stereocenters. The van der Waals surface area contributed by atoms with Crippen LogP contribution in [-0.4, -0.2) is 54.3 Å². The summed E-state index contributed by atoms with van der Waals surface area (Å²) < 4.78 is 26.9. The van der Waals surface area contributed by atoms with Crippen LogP contribution in [0.1, 0.15) is 251 Å². The largest absolute Gasteiger partial charge is 0.472 e. The van der Waals surface area contributed by atoms with Gasteiger partial charge in [0.05, 0.1) is 13.2 Å². The lowest BCUT2D eigenvalue weighted by Crippen LogP contribution is -2.27. The monoisotopic (exact) mass is 818 g/mol. The minimum atomic E-state index is -4.41. The smallest absolute Gasteiger partial charge is 0.463 e. The van der Waals surface area contributed by atoms with E-state index in [1.165, 1.54) is 186 Å². The van der Waals surface area contributed by atoms with E-state index >= 15 is 0 Å². The number of esters is 1. The number of hydrogen-bond acceptors (Lipinski definition) is 7. The Kier molecular flexibility index (Phi) is 42.8. The number of nitrogens with one attached hydrogen (secondary N) is 1. The number of hydrogen-bond donors (Lipinski definition) is 3. The molecule has 3 N–H and O–H groups in total. The van der Waals surface area contributed by atoms with Gasteiger partial charge in [-0.3, -0.25) is 18.6 Å². The van der Waals surface area contributed by atoms with Gasteiger partial charge in [0.1, 0.15) is 12.7 Å². The average Bonchev–Trinajstić information content (AvgIpc) is 3.18. The molecule has 2 atom stereocenters. The Bertz CT molecular complexity index is 891. The topological polar surface area (TPSA) is 131 Å². The zero-order valence-electron chi connectivity index (χ0n) is 36.9. The first-order valence-electron chi connectivity index (χ1n) is 24.0. The quantitative estimate of drug-likeness (QED) is 0.0314. The van der Waals surface area contributed by atoms with Crippen LogP contribution in [0.25, 0.3) is 0 Å². The number of carbonyl (C=O) groups is 2. The molecule has 0 spiro atoms. The number of phosphoric acid groups is 1. The predicted octanol–water partition coefficient (Wildman–Crippen LogP) is 13.6. The van der Waals surface area contributed by atoms with Crippen LogP contribution in [0.4, 0.5) is 0 Å². The fourth-order valence-electron chi connectivity index (χ4n) is 7.15. The summed E-state index contributed by atoms with van der Waals surface area (Å²) in [7, 11) is -4.41. The molecule has 56 heavy (non-hydrogen) atoms. The Morgan fingerprint density at radius 1 is 0.482 bits per heavy atom. The minimum Gasteiger partial charge on any atom is -0.463 e. The Labute approximate surface area is 346 Å². The van der Waals surface area contributed by atoms with Gasteiger partial charge in [-0.05, 0) is 12.8 Å². The first-order chi connectivity index (χ1) is 27.3. The predicted molar refractivity (Wildman–Crippen MR) is 234 cm³/mol. The van der Waals surface area contributed by atoms with Crippen molar-refractivity contribution in [2.75, 3.05) is 26.4 Å². The van der Waals surface area contributed by atoms with Gasteiger partial charge in [-0.1, -0.05) is 226 Å². The van der Waals surface area contributed by atoms with E-state index in [0.717, 1.165) is 38.5 Å². The number of aliphatic hydroxyl groups excluding tert-OH is 1.